The third-order valence-corrected chi connectivity index (χ3v) is 7.36. The Morgan fingerprint density at radius 2 is 2.09 bits per heavy atom. The van der Waals surface area contributed by atoms with Crippen molar-refractivity contribution in [2.45, 2.75) is 24.0 Å². The van der Waals surface area contributed by atoms with E-state index >= 15 is 0 Å². The summed E-state index contributed by atoms with van der Waals surface area (Å²) in [5.41, 5.74) is 4.64. The SMILES string of the molecule is CN(c1c2c(nc3ccccc13)CSC2)C1CCS(=O)(=O)C1. The minimum Gasteiger partial charge on any atom is -0.370 e. The number of pyridine rings is 1. The second-order valence-electron chi connectivity index (χ2n) is 6.06. The third-order valence-electron chi connectivity index (χ3n) is 4.64. The number of hydrogen-bond acceptors (Lipinski definition) is 5. The average molecular weight is 334 g/mol. The number of aromatic nitrogens is 1. The van der Waals surface area contributed by atoms with E-state index < -0.39 is 9.84 Å². The number of hydrogen-bond donors (Lipinski definition) is 0. The summed E-state index contributed by atoms with van der Waals surface area (Å²) < 4.78 is 23.7. The van der Waals surface area contributed by atoms with Crippen LogP contribution in [0, 0.1) is 0 Å². The standard InChI is InChI=1S/C16H18N2O2S2/c1-18(11-6-7-22(19,20)10-11)16-12-4-2-3-5-14(12)17-15-9-21-8-13(15)16/h2-5,11H,6-10H2,1H3. The molecule has 2 aliphatic rings. The Labute approximate surface area is 134 Å². The van der Waals surface area contributed by atoms with Gasteiger partial charge in [-0.2, -0.15) is 11.8 Å². The number of rotatable bonds is 2. The van der Waals surface area contributed by atoms with Gasteiger partial charge in [0, 0.05) is 35.5 Å². The first-order chi connectivity index (χ1) is 10.6. The molecule has 2 aromatic rings. The number of sulfone groups is 1. The Bertz CT molecular complexity index is 849. The molecule has 4 nitrogen and oxygen atoms in total. The van der Waals surface area contributed by atoms with Crippen LogP contribution in [0.3, 0.4) is 0 Å². The summed E-state index contributed by atoms with van der Waals surface area (Å²) in [5, 5.41) is 1.13. The monoisotopic (exact) mass is 334 g/mol. The number of benzene rings is 1. The first-order valence-corrected chi connectivity index (χ1v) is 10.4. The molecular formula is C16H18N2O2S2. The molecule has 116 valence electrons. The highest BCUT2D eigenvalue weighted by Gasteiger charge is 2.33. The number of thioether (sulfide) groups is 1. The lowest BCUT2D eigenvalue weighted by Crippen LogP contribution is -2.33. The molecule has 4 rings (SSSR count). The zero-order valence-corrected chi connectivity index (χ0v) is 14.1. The van der Waals surface area contributed by atoms with Crippen LogP contribution in [0.25, 0.3) is 10.9 Å². The van der Waals surface area contributed by atoms with Crippen molar-refractivity contribution >= 4 is 38.2 Å². The lowest BCUT2D eigenvalue weighted by atomic mass is 10.0. The lowest BCUT2D eigenvalue weighted by Gasteiger charge is -2.29. The maximum absolute atomic E-state index is 11.8. The van der Waals surface area contributed by atoms with Gasteiger partial charge in [0.2, 0.25) is 0 Å². The molecule has 1 saturated heterocycles. The highest BCUT2D eigenvalue weighted by molar-refractivity contribution is 7.98. The molecule has 2 aliphatic heterocycles. The lowest BCUT2D eigenvalue weighted by molar-refractivity contribution is 0.601. The van der Waals surface area contributed by atoms with E-state index in [0.717, 1.165) is 34.5 Å². The molecule has 1 unspecified atom stereocenters. The van der Waals surface area contributed by atoms with E-state index in [9.17, 15) is 8.42 Å². The maximum atomic E-state index is 11.8. The van der Waals surface area contributed by atoms with Crippen LogP contribution in [-0.2, 0) is 21.3 Å². The van der Waals surface area contributed by atoms with E-state index in [1.807, 2.05) is 37.0 Å². The van der Waals surface area contributed by atoms with Crippen LogP contribution in [0.5, 0.6) is 0 Å². The molecule has 0 amide bonds. The Morgan fingerprint density at radius 1 is 1.27 bits per heavy atom. The van der Waals surface area contributed by atoms with Gasteiger partial charge in [-0.25, -0.2) is 8.42 Å². The number of fused-ring (bicyclic) bond motifs is 2. The van der Waals surface area contributed by atoms with Gasteiger partial charge in [-0.15, -0.1) is 0 Å². The first-order valence-electron chi connectivity index (χ1n) is 7.47. The smallest absolute Gasteiger partial charge is 0.152 e. The summed E-state index contributed by atoms with van der Waals surface area (Å²) in [5.74, 6) is 2.49. The van der Waals surface area contributed by atoms with Gasteiger partial charge in [0.15, 0.2) is 9.84 Å². The van der Waals surface area contributed by atoms with Gasteiger partial charge in [-0.3, -0.25) is 4.98 Å². The molecule has 1 atom stereocenters. The van der Waals surface area contributed by atoms with E-state index in [0.29, 0.717) is 5.75 Å². The summed E-state index contributed by atoms with van der Waals surface area (Å²) >= 11 is 1.88. The van der Waals surface area contributed by atoms with E-state index in [1.165, 1.54) is 11.3 Å². The molecule has 0 aliphatic carbocycles. The molecule has 1 fully saturated rings. The minimum absolute atomic E-state index is 0.0745. The Kier molecular flexibility index (Phi) is 3.34. The fraction of sp³-hybridized carbons (Fsp3) is 0.438. The normalized spacial score (nSPS) is 22.9. The molecule has 0 radical (unpaired) electrons. The quantitative estimate of drug-likeness (QED) is 0.845. The molecule has 1 aromatic heterocycles. The summed E-state index contributed by atoms with van der Waals surface area (Å²) in [6.45, 7) is 0. The first kappa shape index (κ1) is 14.3. The number of nitrogens with zero attached hydrogens (tertiary/aromatic N) is 2. The van der Waals surface area contributed by atoms with Gasteiger partial charge in [0.1, 0.15) is 0 Å². The predicted molar refractivity (Wildman–Crippen MR) is 92.2 cm³/mol. The van der Waals surface area contributed by atoms with Crippen LogP contribution >= 0.6 is 11.8 Å². The van der Waals surface area contributed by atoms with Crippen molar-refractivity contribution in [2.75, 3.05) is 23.5 Å². The molecule has 0 spiro atoms. The van der Waals surface area contributed by atoms with Gasteiger partial charge < -0.3 is 4.90 Å². The summed E-state index contributed by atoms with van der Waals surface area (Å²) in [7, 11) is -0.840. The topological polar surface area (TPSA) is 50.3 Å². The van der Waals surface area contributed by atoms with Crippen LogP contribution in [0.2, 0.25) is 0 Å². The van der Waals surface area contributed by atoms with Crippen molar-refractivity contribution < 1.29 is 8.42 Å². The second kappa shape index (κ2) is 5.13. The molecule has 0 N–H and O–H groups in total. The van der Waals surface area contributed by atoms with Gasteiger partial charge in [-0.05, 0) is 12.5 Å². The predicted octanol–water partition coefficient (Wildman–Crippen LogP) is 2.60. The van der Waals surface area contributed by atoms with Crippen LogP contribution in [0.1, 0.15) is 17.7 Å². The fourth-order valence-electron chi connectivity index (χ4n) is 3.47. The molecule has 0 bridgehead atoms. The van der Waals surface area contributed by atoms with Gasteiger partial charge in [0.25, 0.3) is 0 Å². The summed E-state index contributed by atoms with van der Waals surface area (Å²) in [4.78, 5) is 6.98. The van der Waals surface area contributed by atoms with E-state index in [-0.39, 0.29) is 11.8 Å². The van der Waals surface area contributed by atoms with Crippen LogP contribution in [0.4, 0.5) is 5.69 Å². The number of para-hydroxylation sites is 1. The average Bonchev–Trinajstić information content (AvgIpc) is 3.09. The Morgan fingerprint density at radius 3 is 2.86 bits per heavy atom. The van der Waals surface area contributed by atoms with E-state index in [2.05, 4.69) is 11.0 Å². The Balaban J connectivity index is 1.87. The van der Waals surface area contributed by atoms with Crippen molar-refractivity contribution in [3.05, 3.63) is 35.5 Å². The van der Waals surface area contributed by atoms with Crippen molar-refractivity contribution in [3.8, 4) is 0 Å². The van der Waals surface area contributed by atoms with Crippen molar-refractivity contribution in [1.29, 1.82) is 0 Å². The number of anilines is 1. The van der Waals surface area contributed by atoms with E-state index in [4.69, 9.17) is 4.98 Å². The van der Waals surface area contributed by atoms with Gasteiger partial charge >= 0.3 is 0 Å². The van der Waals surface area contributed by atoms with Crippen molar-refractivity contribution in [1.82, 2.24) is 4.98 Å². The highest BCUT2D eigenvalue weighted by Crippen LogP contribution is 2.41. The molecule has 0 saturated carbocycles. The maximum Gasteiger partial charge on any atom is 0.152 e. The summed E-state index contributed by atoms with van der Waals surface area (Å²) in [6.07, 6.45) is 0.720. The fourth-order valence-corrected chi connectivity index (χ4v) is 6.29. The second-order valence-corrected chi connectivity index (χ2v) is 9.28. The zero-order chi connectivity index (χ0) is 15.3. The van der Waals surface area contributed by atoms with Gasteiger partial charge in [0.05, 0.1) is 28.4 Å². The van der Waals surface area contributed by atoms with Gasteiger partial charge in [-0.1, -0.05) is 18.2 Å². The largest absolute Gasteiger partial charge is 0.370 e. The molecule has 6 heteroatoms. The van der Waals surface area contributed by atoms with Crippen LogP contribution < -0.4 is 4.90 Å². The minimum atomic E-state index is -2.88. The molecule has 22 heavy (non-hydrogen) atoms. The highest BCUT2D eigenvalue weighted by atomic mass is 32.2. The third kappa shape index (κ3) is 2.29. The molecular weight excluding hydrogens is 316 g/mol. The molecule has 1 aromatic carbocycles. The Hall–Kier alpha value is -1.27. The van der Waals surface area contributed by atoms with E-state index in [1.54, 1.807) is 0 Å². The zero-order valence-electron chi connectivity index (χ0n) is 12.4. The van der Waals surface area contributed by atoms with Crippen molar-refractivity contribution in [2.24, 2.45) is 0 Å². The molecule has 3 heterocycles. The van der Waals surface area contributed by atoms with Crippen LogP contribution in [-0.4, -0.2) is 38.0 Å². The van der Waals surface area contributed by atoms with Crippen molar-refractivity contribution in [3.63, 3.8) is 0 Å². The summed E-state index contributed by atoms with van der Waals surface area (Å²) in [6, 6.07) is 8.25. The van der Waals surface area contributed by atoms with Crippen LogP contribution in [0.15, 0.2) is 24.3 Å².